The maximum atomic E-state index is 14.0. The van der Waals surface area contributed by atoms with Gasteiger partial charge in [0.1, 0.15) is 12.1 Å². The van der Waals surface area contributed by atoms with Crippen molar-refractivity contribution in [2.24, 2.45) is 5.41 Å². The van der Waals surface area contributed by atoms with Gasteiger partial charge in [-0.25, -0.2) is 9.97 Å². The second-order valence-corrected chi connectivity index (χ2v) is 11.0. The summed E-state index contributed by atoms with van der Waals surface area (Å²) in [5.41, 5.74) is 3.17. The summed E-state index contributed by atoms with van der Waals surface area (Å²) in [4.78, 5) is 27.2. The fourth-order valence-electron chi connectivity index (χ4n) is 6.48. The summed E-state index contributed by atoms with van der Waals surface area (Å²) in [6.45, 7) is 5.90. The van der Waals surface area contributed by atoms with Crippen LogP contribution in [0, 0.1) is 5.41 Å². The zero-order valence-electron chi connectivity index (χ0n) is 19.6. The first-order chi connectivity index (χ1) is 16.5. The molecule has 4 atom stereocenters. The van der Waals surface area contributed by atoms with Crippen molar-refractivity contribution in [2.45, 2.75) is 56.6 Å². The zero-order chi connectivity index (χ0) is 23.4. The molecule has 1 aromatic carbocycles. The zero-order valence-corrected chi connectivity index (χ0v) is 20.3. The number of carbonyl (C=O) groups is 1. The minimum absolute atomic E-state index is 0.187. The molecule has 2 aromatic rings. The van der Waals surface area contributed by atoms with Gasteiger partial charge in [-0.3, -0.25) is 4.79 Å². The number of halogens is 1. The molecule has 2 aliphatic carbocycles. The van der Waals surface area contributed by atoms with E-state index in [0.29, 0.717) is 24.5 Å². The van der Waals surface area contributed by atoms with Crippen LogP contribution in [0.1, 0.15) is 67.4 Å². The average Bonchev–Trinajstić information content (AvgIpc) is 3.43. The predicted molar refractivity (Wildman–Crippen MR) is 131 cm³/mol. The summed E-state index contributed by atoms with van der Waals surface area (Å²) < 4.78 is 0. The van der Waals surface area contributed by atoms with Gasteiger partial charge in [0.2, 0.25) is 5.91 Å². The SMILES string of the molecule is C[C@@H]1C[C@@H](O)c2ncnc(N3CCN(C(=O)[C@@H](c4ccc(Cl)cc4)[C@H]4NCCC45CC5)CC3)c21. The fourth-order valence-corrected chi connectivity index (χ4v) is 6.60. The van der Waals surface area contributed by atoms with Crippen LogP contribution >= 0.6 is 11.6 Å². The van der Waals surface area contributed by atoms with Crippen molar-refractivity contribution < 1.29 is 9.90 Å². The largest absolute Gasteiger partial charge is 0.387 e. The summed E-state index contributed by atoms with van der Waals surface area (Å²) in [5.74, 6) is 1.18. The van der Waals surface area contributed by atoms with Gasteiger partial charge in [0.15, 0.2) is 0 Å². The second-order valence-electron chi connectivity index (χ2n) is 10.5. The molecule has 34 heavy (non-hydrogen) atoms. The third-order valence-corrected chi connectivity index (χ3v) is 8.79. The lowest BCUT2D eigenvalue weighted by Crippen LogP contribution is -2.53. The van der Waals surface area contributed by atoms with Crippen LogP contribution in [0.15, 0.2) is 30.6 Å². The van der Waals surface area contributed by atoms with Crippen molar-refractivity contribution in [1.82, 2.24) is 20.2 Å². The maximum absolute atomic E-state index is 14.0. The van der Waals surface area contributed by atoms with Crippen LogP contribution in [0.2, 0.25) is 5.02 Å². The smallest absolute Gasteiger partial charge is 0.231 e. The molecule has 2 aliphatic heterocycles. The van der Waals surface area contributed by atoms with Crippen LogP contribution in [0.3, 0.4) is 0 Å². The first kappa shape index (κ1) is 22.3. The number of benzene rings is 1. The predicted octanol–water partition coefficient (Wildman–Crippen LogP) is 3.25. The molecule has 1 spiro atoms. The number of fused-ring (bicyclic) bond motifs is 1. The van der Waals surface area contributed by atoms with Crippen LogP contribution in [0.4, 0.5) is 5.82 Å². The Kier molecular flexibility index (Phi) is 5.54. The number of aliphatic hydroxyl groups is 1. The van der Waals surface area contributed by atoms with Gasteiger partial charge in [-0.1, -0.05) is 30.7 Å². The summed E-state index contributed by atoms with van der Waals surface area (Å²) >= 11 is 6.16. The lowest BCUT2D eigenvalue weighted by molar-refractivity contribution is -0.134. The number of hydrogen-bond acceptors (Lipinski definition) is 6. The van der Waals surface area contributed by atoms with E-state index in [0.717, 1.165) is 48.7 Å². The highest BCUT2D eigenvalue weighted by Gasteiger charge is 2.56. The number of anilines is 1. The van der Waals surface area contributed by atoms with Crippen LogP contribution in [0.25, 0.3) is 0 Å². The fraction of sp³-hybridized carbons (Fsp3) is 0.577. The van der Waals surface area contributed by atoms with Crippen LogP contribution < -0.4 is 10.2 Å². The van der Waals surface area contributed by atoms with Gasteiger partial charge in [0.25, 0.3) is 0 Å². The monoisotopic (exact) mass is 481 g/mol. The van der Waals surface area contributed by atoms with E-state index in [1.165, 1.54) is 12.8 Å². The number of carbonyl (C=O) groups excluding carboxylic acids is 1. The van der Waals surface area contributed by atoms with E-state index in [1.807, 2.05) is 29.2 Å². The summed E-state index contributed by atoms with van der Waals surface area (Å²) in [7, 11) is 0. The number of rotatable bonds is 4. The van der Waals surface area contributed by atoms with Crippen molar-refractivity contribution in [3.05, 3.63) is 52.4 Å². The van der Waals surface area contributed by atoms with Crippen molar-refractivity contribution >= 4 is 23.3 Å². The van der Waals surface area contributed by atoms with Gasteiger partial charge in [0.05, 0.1) is 17.7 Å². The van der Waals surface area contributed by atoms with Crippen molar-refractivity contribution in [3.63, 3.8) is 0 Å². The Bertz CT molecular complexity index is 1080. The minimum atomic E-state index is -0.511. The van der Waals surface area contributed by atoms with Crippen LogP contribution in [-0.2, 0) is 4.79 Å². The van der Waals surface area contributed by atoms with Crippen molar-refractivity contribution in [2.75, 3.05) is 37.6 Å². The second kappa shape index (κ2) is 8.47. The Labute approximate surface area is 205 Å². The Morgan fingerprint density at radius 1 is 1.15 bits per heavy atom. The summed E-state index contributed by atoms with van der Waals surface area (Å²) in [6.07, 6.45) is 5.31. The quantitative estimate of drug-likeness (QED) is 0.697. The summed E-state index contributed by atoms with van der Waals surface area (Å²) in [5, 5.41) is 14.7. The first-order valence-electron chi connectivity index (χ1n) is 12.5. The van der Waals surface area contributed by atoms with E-state index in [-0.39, 0.29) is 29.2 Å². The van der Waals surface area contributed by atoms with Gasteiger partial charge in [-0.15, -0.1) is 0 Å². The van der Waals surface area contributed by atoms with E-state index in [4.69, 9.17) is 11.6 Å². The molecule has 0 unspecified atom stereocenters. The molecule has 0 radical (unpaired) electrons. The third kappa shape index (κ3) is 3.69. The third-order valence-electron chi connectivity index (χ3n) is 8.54. The number of nitrogens with zero attached hydrogens (tertiary/aromatic N) is 4. The van der Waals surface area contributed by atoms with Gasteiger partial charge >= 0.3 is 0 Å². The van der Waals surface area contributed by atoms with Crippen molar-refractivity contribution in [3.8, 4) is 0 Å². The number of amides is 1. The topological polar surface area (TPSA) is 81.6 Å². The molecule has 7 nitrogen and oxygen atoms in total. The molecule has 0 bridgehead atoms. The Morgan fingerprint density at radius 2 is 1.88 bits per heavy atom. The van der Waals surface area contributed by atoms with Gasteiger partial charge in [-0.05, 0) is 61.3 Å². The highest BCUT2D eigenvalue weighted by atomic mass is 35.5. The Balaban J connectivity index is 1.22. The molecule has 180 valence electrons. The van der Waals surface area contributed by atoms with Crippen LogP contribution in [0.5, 0.6) is 0 Å². The van der Waals surface area contributed by atoms with Crippen LogP contribution in [-0.4, -0.2) is 64.6 Å². The Hall–Kier alpha value is -2.22. The highest BCUT2D eigenvalue weighted by molar-refractivity contribution is 6.30. The van der Waals surface area contributed by atoms with E-state index >= 15 is 0 Å². The van der Waals surface area contributed by atoms with Crippen molar-refractivity contribution in [1.29, 1.82) is 0 Å². The van der Waals surface area contributed by atoms with Gasteiger partial charge < -0.3 is 20.2 Å². The standard InChI is InChI=1S/C26H32ClN5O2/c1-16-14-19(33)22-20(16)24(30-15-29-22)31-10-12-32(13-11-31)25(34)21(17-2-4-18(27)5-3-17)23-26(6-7-26)8-9-28-23/h2-5,15-16,19,21,23,28,33H,6-14H2,1H3/t16-,19-,21+,23-/m1/s1. The molecule has 8 heteroatoms. The number of hydrogen-bond donors (Lipinski definition) is 2. The van der Waals surface area contributed by atoms with E-state index < -0.39 is 6.10 Å². The van der Waals surface area contributed by atoms with E-state index in [9.17, 15) is 9.90 Å². The molecule has 1 saturated carbocycles. The molecular formula is C26H32ClN5O2. The molecule has 4 aliphatic rings. The highest BCUT2D eigenvalue weighted by Crippen LogP contribution is 2.57. The number of aliphatic hydroxyl groups excluding tert-OH is 1. The maximum Gasteiger partial charge on any atom is 0.231 e. The first-order valence-corrected chi connectivity index (χ1v) is 12.9. The Morgan fingerprint density at radius 3 is 2.59 bits per heavy atom. The minimum Gasteiger partial charge on any atom is -0.387 e. The molecule has 3 fully saturated rings. The number of piperazine rings is 1. The lowest BCUT2D eigenvalue weighted by Gasteiger charge is -2.39. The molecule has 3 heterocycles. The van der Waals surface area contributed by atoms with E-state index in [1.54, 1.807) is 6.33 Å². The lowest BCUT2D eigenvalue weighted by atomic mass is 9.81. The molecule has 1 aromatic heterocycles. The summed E-state index contributed by atoms with van der Waals surface area (Å²) in [6, 6.07) is 8.03. The van der Waals surface area contributed by atoms with Gasteiger partial charge in [0, 0.05) is 42.8 Å². The molecule has 6 rings (SSSR count). The van der Waals surface area contributed by atoms with Gasteiger partial charge in [-0.2, -0.15) is 0 Å². The number of nitrogens with one attached hydrogen (secondary N) is 1. The molecule has 2 saturated heterocycles. The molecule has 2 N–H and O–H groups in total. The molecular weight excluding hydrogens is 450 g/mol. The normalized spacial score (nSPS) is 28.3. The average molecular weight is 482 g/mol. The molecule has 1 amide bonds. The van der Waals surface area contributed by atoms with E-state index in [2.05, 4.69) is 27.1 Å². The number of aromatic nitrogens is 2.